The van der Waals surface area contributed by atoms with Gasteiger partial charge in [0.2, 0.25) is 0 Å². The molecule has 0 atom stereocenters. The van der Waals surface area contributed by atoms with E-state index in [2.05, 4.69) is 68.7 Å². The third-order valence-electron chi connectivity index (χ3n) is 3.28. The predicted molar refractivity (Wildman–Crippen MR) is 91.3 cm³/mol. The fraction of sp³-hybridized carbons (Fsp3) is 0.444. The number of hydrogen-bond donors (Lipinski definition) is 1. The summed E-state index contributed by atoms with van der Waals surface area (Å²) in [6.45, 7) is 10.2. The van der Waals surface area contributed by atoms with E-state index in [-0.39, 0.29) is 5.54 Å². The van der Waals surface area contributed by atoms with E-state index in [1.54, 1.807) is 11.3 Å². The van der Waals surface area contributed by atoms with E-state index in [0.29, 0.717) is 0 Å². The molecule has 0 fully saturated rings. The van der Waals surface area contributed by atoms with Crippen LogP contribution in [0, 0.1) is 6.92 Å². The SMILES string of the molecule is Cc1cccc(CNC(C)(C)C)c1OCCc1cccs1. The largest absolute Gasteiger partial charge is 0.493 e. The minimum absolute atomic E-state index is 0.109. The molecule has 2 nitrogen and oxygen atoms in total. The van der Waals surface area contributed by atoms with E-state index in [9.17, 15) is 0 Å². The average molecular weight is 303 g/mol. The molecule has 114 valence electrons. The lowest BCUT2D eigenvalue weighted by atomic mass is 10.1. The van der Waals surface area contributed by atoms with Gasteiger partial charge < -0.3 is 10.1 Å². The summed E-state index contributed by atoms with van der Waals surface area (Å²) in [4.78, 5) is 1.37. The lowest BCUT2D eigenvalue weighted by Crippen LogP contribution is -2.35. The molecule has 0 aliphatic heterocycles. The predicted octanol–water partition coefficient (Wildman–Crippen LogP) is 4.57. The van der Waals surface area contributed by atoms with Gasteiger partial charge in [0.15, 0.2) is 0 Å². The fourth-order valence-corrected chi connectivity index (χ4v) is 2.82. The lowest BCUT2D eigenvalue weighted by Gasteiger charge is -2.22. The number of thiophene rings is 1. The molecule has 0 aliphatic carbocycles. The number of hydrogen-bond acceptors (Lipinski definition) is 3. The standard InChI is InChI=1S/C18H25NOS/c1-14-7-5-8-15(13-19-18(2,3)4)17(14)20-11-10-16-9-6-12-21-16/h5-9,12,19H,10-11,13H2,1-4H3. The van der Waals surface area contributed by atoms with Gasteiger partial charge in [0.25, 0.3) is 0 Å². The van der Waals surface area contributed by atoms with E-state index < -0.39 is 0 Å². The maximum Gasteiger partial charge on any atom is 0.126 e. The van der Waals surface area contributed by atoms with E-state index >= 15 is 0 Å². The van der Waals surface area contributed by atoms with Gasteiger partial charge in [-0.05, 0) is 44.7 Å². The molecule has 0 amide bonds. The van der Waals surface area contributed by atoms with Crippen LogP contribution >= 0.6 is 11.3 Å². The van der Waals surface area contributed by atoms with E-state index in [1.165, 1.54) is 16.0 Å². The van der Waals surface area contributed by atoms with Gasteiger partial charge in [-0.25, -0.2) is 0 Å². The molecule has 0 aliphatic rings. The molecular weight excluding hydrogens is 278 g/mol. The highest BCUT2D eigenvalue weighted by atomic mass is 32.1. The smallest absolute Gasteiger partial charge is 0.126 e. The second-order valence-corrected chi connectivity index (χ2v) is 7.38. The first-order valence-corrected chi connectivity index (χ1v) is 8.32. The van der Waals surface area contributed by atoms with Crippen LogP contribution in [-0.2, 0) is 13.0 Å². The van der Waals surface area contributed by atoms with Crippen molar-refractivity contribution in [3.05, 3.63) is 51.7 Å². The summed E-state index contributed by atoms with van der Waals surface area (Å²) in [6, 6.07) is 10.6. The summed E-state index contributed by atoms with van der Waals surface area (Å²) in [6.07, 6.45) is 0.970. The zero-order chi connectivity index (χ0) is 15.3. The summed E-state index contributed by atoms with van der Waals surface area (Å²) >= 11 is 1.79. The Morgan fingerprint density at radius 1 is 1.14 bits per heavy atom. The Balaban J connectivity index is 1.99. The molecule has 1 heterocycles. The molecule has 0 spiro atoms. The molecule has 3 heteroatoms. The fourth-order valence-electron chi connectivity index (χ4n) is 2.13. The van der Waals surface area contributed by atoms with Crippen molar-refractivity contribution in [2.24, 2.45) is 0 Å². The molecule has 0 unspecified atom stereocenters. The van der Waals surface area contributed by atoms with Crippen molar-refractivity contribution in [2.75, 3.05) is 6.61 Å². The van der Waals surface area contributed by atoms with Crippen molar-refractivity contribution in [3.8, 4) is 5.75 Å². The summed E-state index contributed by atoms with van der Waals surface area (Å²) in [5.41, 5.74) is 2.54. The Kier molecular flexibility index (Phi) is 5.43. The van der Waals surface area contributed by atoms with Crippen LogP contribution in [0.2, 0.25) is 0 Å². The minimum Gasteiger partial charge on any atom is -0.493 e. The van der Waals surface area contributed by atoms with Crippen LogP contribution in [0.4, 0.5) is 0 Å². The van der Waals surface area contributed by atoms with Crippen molar-refractivity contribution in [1.82, 2.24) is 5.32 Å². The van der Waals surface area contributed by atoms with E-state index in [4.69, 9.17) is 4.74 Å². The maximum absolute atomic E-state index is 6.07. The molecular formula is C18H25NOS. The summed E-state index contributed by atoms with van der Waals surface area (Å²) < 4.78 is 6.07. The van der Waals surface area contributed by atoms with Crippen molar-refractivity contribution in [1.29, 1.82) is 0 Å². The number of nitrogens with one attached hydrogen (secondary N) is 1. The van der Waals surface area contributed by atoms with Crippen molar-refractivity contribution < 1.29 is 4.74 Å². The molecule has 0 saturated heterocycles. The summed E-state index contributed by atoms with van der Waals surface area (Å²) in [7, 11) is 0. The van der Waals surface area contributed by atoms with Gasteiger partial charge >= 0.3 is 0 Å². The first kappa shape index (κ1) is 16.1. The second-order valence-electron chi connectivity index (χ2n) is 6.34. The number of rotatable bonds is 6. The number of benzene rings is 1. The molecule has 2 aromatic rings. The molecule has 0 saturated carbocycles. The van der Waals surface area contributed by atoms with Crippen LogP contribution < -0.4 is 10.1 Å². The molecule has 1 aromatic carbocycles. The maximum atomic E-state index is 6.07. The van der Waals surface area contributed by atoms with Crippen LogP contribution in [0.3, 0.4) is 0 Å². The average Bonchev–Trinajstić information content (AvgIpc) is 2.91. The van der Waals surface area contributed by atoms with Crippen LogP contribution in [0.25, 0.3) is 0 Å². The summed E-state index contributed by atoms with van der Waals surface area (Å²) in [5, 5.41) is 5.64. The van der Waals surface area contributed by atoms with Gasteiger partial charge in [0.1, 0.15) is 5.75 Å². The first-order chi connectivity index (χ1) is 9.96. The first-order valence-electron chi connectivity index (χ1n) is 7.44. The summed E-state index contributed by atoms with van der Waals surface area (Å²) in [5.74, 6) is 1.03. The molecule has 1 aromatic heterocycles. The minimum atomic E-state index is 0.109. The zero-order valence-corrected chi connectivity index (χ0v) is 14.2. The number of ether oxygens (including phenoxy) is 1. The quantitative estimate of drug-likeness (QED) is 0.844. The molecule has 0 radical (unpaired) electrons. The monoisotopic (exact) mass is 303 g/mol. The Labute approximate surface area is 132 Å². The van der Waals surface area contributed by atoms with Crippen LogP contribution in [0.5, 0.6) is 5.75 Å². The van der Waals surface area contributed by atoms with Crippen molar-refractivity contribution in [2.45, 2.75) is 46.2 Å². The van der Waals surface area contributed by atoms with Gasteiger partial charge in [-0.2, -0.15) is 0 Å². The van der Waals surface area contributed by atoms with Crippen LogP contribution in [0.15, 0.2) is 35.7 Å². The topological polar surface area (TPSA) is 21.3 Å². The van der Waals surface area contributed by atoms with Gasteiger partial charge in [-0.3, -0.25) is 0 Å². The Morgan fingerprint density at radius 3 is 2.62 bits per heavy atom. The van der Waals surface area contributed by atoms with Gasteiger partial charge in [0.05, 0.1) is 6.61 Å². The third kappa shape index (κ3) is 5.18. The Bertz CT molecular complexity index is 555. The Hall–Kier alpha value is -1.32. The van der Waals surface area contributed by atoms with E-state index in [0.717, 1.165) is 25.3 Å². The highest BCUT2D eigenvalue weighted by Gasteiger charge is 2.12. The third-order valence-corrected chi connectivity index (χ3v) is 4.21. The molecule has 0 bridgehead atoms. The number of para-hydroxylation sites is 1. The molecule has 1 N–H and O–H groups in total. The van der Waals surface area contributed by atoms with E-state index in [1.807, 2.05) is 0 Å². The zero-order valence-electron chi connectivity index (χ0n) is 13.4. The number of aryl methyl sites for hydroxylation is 1. The Morgan fingerprint density at radius 2 is 1.95 bits per heavy atom. The van der Waals surface area contributed by atoms with Gasteiger partial charge in [-0.15, -0.1) is 11.3 Å². The van der Waals surface area contributed by atoms with Gasteiger partial charge in [0, 0.05) is 28.9 Å². The normalized spacial score (nSPS) is 11.6. The molecule has 2 rings (SSSR count). The lowest BCUT2D eigenvalue weighted by molar-refractivity contribution is 0.314. The molecule has 21 heavy (non-hydrogen) atoms. The van der Waals surface area contributed by atoms with Crippen LogP contribution in [-0.4, -0.2) is 12.1 Å². The van der Waals surface area contributed by atoms with Gasteiger partial charge in [-0.1, -0.05) is 24.3 Å². The second kappa shape index (κ2) is 7.10. The van der Waals surface area contributed by atoms with Crippen LogP contribution in [0.1, 0.15) is 36.8 Å². The highest BCUT2D eigenvalue weighted by Crippen LogP contribution is 2.24. The van der Waals surface area contributed by atoms with Crippen molar-refractivity contribution >= 4 is 11.3 Å². The van der Waals surface area contributed by atoms with Crippen molar-refractivity contribution in [3.63, 3.8) is 0 Å². The highest BCUT2D eigenvalue weighted by molar-refractivity contribution is 7.09.